The second kappa shape index (κ2) is 3.45. The molecule has 0 bridgehead atoms. The summed E-state index contributed by atoms with van der Waals surface area (Å²) in [6.45, 7) is 0. The highest BCUT2D eigenvalue weighted by Gasteiger charge is 2.25. The lowest BCUT2D eigenvalue weighted by Gasteiger charge is -2.26. The van der Waals surface area contributed by atoms with Crippen LogP contribution < -0.4 is 0 Å². The van der Waals surface area contributed by atoms with E-state index in [1.165, 1.54) is 0 Å². The third kappa shape index (κ3) is 1.41. The Hall–Kier alpha value is -1.30. The summed E-state index contributed by atoms with van der Waals surface area (Å²) < 4.78 is 0. The number of rotatable bonds is 0. The Morgan fingerprint density at radius 1 is 1.21 bits per heavy atom. The van der Waals surface area contributed by atoms with Gasteiger partial charge in [0.15, 0.2) is 0 Å². The minimum atomic E-state index is -0.683. The van der Waals surface area contributed by atoms with Crippen LogP contribution in [0.4, 0.5) is 0 Å². The van der Waals surface area contributed by atoms with Crippen LogP contribution in [0.15, 0.2) is 18.2 Å². The lowest BCUT2D eigenvalue weighted by molar-refractivity contribution is 0.0141. The largest absolute Gasteiger partial charge is 0.390 e. The molecule has 1 aliphatic rings. The lowest BCUT2D eigenvalue weighted by Crippen LogP contribution is -2.34. The van der Waals surface area contributed by atoms with E-state index in [9.17, 15) is 10.2 Å². The number of aliphatic hydroxyl groups is 2. The Morgan fingerprint density at radius 2 is 1.93 bits per heavy atom. The van der Waals surface area contributed by atoms with Crippen molar-refractivity contribution >= 4 is 0 Å². The van der Waals surface area contributed by atoms with Gasteiger partial charge in [-0.05, 0) is 17.2 Å². The van der Waals surface area contributed by atoms with Crippen LogP contribution in [0, 0.1) is 12.3 Å². The molecule has 1 aromatic carbocycles. The maximum atomic E-state index is 9.53. The van der Waals surface area contributed by atoms with Crippen molar-refractivity contribution < 1.29 is 10.2 Å². The van der Waals surface area contributed by atoms with E-state index in [1.807, 2.05) is 18.2 Å². The lowest BCUT2D eigenvalue weighted by atomic mass is 9.85. The van der Waals surface area contributed by atoms with E-state index in [0.717, 1.165) is 16.7 Å². The fourth-order valence-corrected chi connectivity index (χ4v) is 1.91. The van der Waals surface area contributed by atoms with Gasteiger partial charge in [0.25, 0.3) is 0 Å². The molecule has 2 nitrogen and oxygen atoms in total. The molecular weight excluding hydrogens is 176 g/mol. The van der Waals surface area contributed by atoms with Gasteiger partial charge >= 0.3 is 0 Å². The molecule has 0 aliphatic heterocycles. The van der Waals surface area contributed by atoms with Crippen molar-refractivity contribution in [3.8, 4) is 12.3 Å². The van der Waals surface area contributed by atoms with Gasteiger partial charge in [0.1, 0.15) is 0 Å². The first-order valence-corrected chi connectivity index (χ1v) is 4.66. The Balaban J connectivity index is 2.47. The van der Waals surface area contributed by atoms with Crippen molar-refractivity contribution in [3.05, 3.63) is 34.9 Å². The Labute approximate surface area is 83.2 Å². The molecule has 72 valence electrons. The molecule has 14 heavy (non-hydrogen) atoms. The second-order valence-corrected chi connectivity index (χ2v) is 3.63. The van der Waals surface area contributed by atoms with E-state index in [4.69, 9.17) is 6.42 Å². The van der Waals surface area contributed by atoms with Crippen LogP contribution in [-0.4, -0.2) is 22.4 Å². The van der Waals surface area contributed by atoms with Gasteiger partial charge in [-0.1, -0.05) is 18.1 Å². The van der Waals surface area contributed by atoms with Gasteiger partial charge in [-0.15, -0.1) is 6.42 Å². The number of aliphatic hydroxyl groups excluding tert-OH is 2. The molecule has 2 atom stereocenters. The zero-order chi connectivity index (χ0) is 10.1. The summed E-state index contributed by atoms with van der Waals surface area (Å²) >= 11 is 0. The molecule has 2 N–H and O–H groups in total. The fraction of sp³-hybridized carbons (Fsp3) is 0.333. The van der Waals surface area contributed by atoms with E-state index in [-0.39, 0.29) is 0 Å². The summed E-state index contributed by atoms with van der Waals surface area (Å²) in [5.41, 5.74) is 2.89. The zero-order valence-electron chi connectivity index (χ0n) is 7.77. The first-order chi connectivity index (χ1) is 6.72. The van der Waals surface area contributed by atoms with Crippen molar-refractivity contribution in [1.29, 1.82) is 0 Å². The van der Waals surface area contributed by atoms with Gasteiger partial charge in [-0.3, -0.25) is 0 Å². The van der Waals surface area contributed by atoms with Crippen LogP contribution in [0.5, 0.6) is 0 Å². The van der Waals surface area contributed by atoms with E-state index in [2.05, 4.69) is 5.92 Å². The Bertz CT molecular complexity index is 390. The minimum Gasteiger partial charge on any atom is -0.390 e. The summed E-state index contributed by atoms with van der Waals surface area (Å²) in [7, 11) is 0. The van der Waals surface area contributed by atoms with Crippen LogP contribution in [0.2, 0.25) is 0 Å². The number of hydrogen-bond acceptors (Lipinski definition) is 2. The maximum Gasteiger partial charge on any atom is 0.0843 e. The molecule has 0 saturated heterocycles. The maximum absolute atomic E-state index is 9.53. The SMILES string of the molecule is C#Cc1cccc2c1C[C@H](O)[C@H](O)C2. The number of hydrogen-bond donors (Lipinski definition) is 2. The average molecular weight is 188 g/mol. The molecule has 2 rings (SSSR count). The van der Waals surface area contributed by atoms with Gasteiger partial charge in [0.2, 0.25) is 0 Å². The molecular formula is C12H12O2. The summed E-state index contributed by atoms with van der Waals surface area (Å²) in [5, 5.41) is 19.0. The number of fused-ring (bicyclic) bond motifs is 1. The summed E-state index contributed by atoms with van der Waals surface area (Å²) in [6, 6.07) is 5.70. The normalized spacial score (nSPS) is 25.2. The number of benzene rings is 1. The highest BCUT2D eigenvalue weighted by Crippen LogP contribution is 2.24. The van der Waals surface area contributed by atoms with Crippen molar-refractivity contribution in [3.63, 3.8) is 0 Å². The monoisotopic (exact) mass is 188 g/mol. The van der Waals surface area contributed by atoms with Gasteiger partial charge < -0.3 is 10.2 Å². The predicted molar refractivity (Wildman–Crippen MR) is 53.8 cm³/mol. The van der Waals surface area contributed by atoms with Crippen LogP contribution in [0.25, 0.3) is 0 Å². The van der Waals surface area contributed by atoms with Crippen LogP contribution >= 0.6 is 0 Å². The molecule has 1 aromatic rings. The van der Waals surface area contributed by atoms with Gasteiger partial charge in [0.05, 0.1) is 12.2 Å². The van der Waals surface area contributed by atoms with Crippen molar-refractivity contribution in [2.24, 2.45) is 0 Å². The average Bonchev–Trinajstić information content (AvgIpc) is 2.19. The summed E-state index contributed by atoms with van der Waals surface area (Å²) in [4.78, 5) is 0. The molecule has 0 spiro atoms. The molecule has 1 aliphatic carbocycles. The zero-order valence-corrected chi connectivity index (χ0v) is 7.77. The van der Waals surface area contributed by atoms with Crippen LogP contribution in [-0.2, 0) is 12.8 Å². The molecule has 0 fully saturated rings. The second-order valence-electron chi connectivity index (χ2n) is 3.63. The van der Waals surface area contributed by atoms with Gasteiger partial charge in [-0.25, -0.2) is 0 Å². The molecule has 0 radical (unpaired) electrons. The first kappa shape index (κ1) is 9.26. The smallest absolute Gasteiger partial charge is 0.0843 e. The standard InChI is InChI=1S/C12H12O2/c1-2-8-4-3-5-9-6-11(13)12(14)7-10(8)9/h1,3-5,11-14H,6-7H2/t11-,12+/m1/s1. The molecule has 0 heterocycles. The molecule has 0 amide bonds. The van der Waals surface area contributed by atoms with E-state index in [0.29, 0.717) is 12.8 Å². The predicted octanol–water partition coefficient (Wildman–Crippen LogP) is 0.488. The van der Waals surface area contributed by atoms with Crippen molar-refractivity contribution in [1.82, 2.24) is 0 Å². The molecule has 0 unspecified atom stereocenters. The highest BCUT2D eigenvalue weighted by atomic mass is 16.3. The number of terminal acetylenes is 1. The van der Waals surface area contributed by atoms with Gasteiger partial charge in [-0.2, -0.15) is 0 Å². The van der Waals surface area contributed by atoms with Crippen LogP contribution in [0.3, 0.4) is 0 Å². The molecule has 0 aromatic heterocycles. The molecule has 0 saturated carbocycles. The van der Waals surface area contributed by atoms with Crippen LogP contribution in [0.1, 0.15) is 16.7 Å². The summed E-state index contributed by atoms with van der Waals surface area (Å²) in [5.74, 6) is 2.60. The third-order valence-corrected chi connectivity index (χ3v) is 2.72. The minimum absolute atomic E-state index is 0.455. The van der Waals surface area contributed by atoms with E-state index < -0.39 is 12.2 Å². The topological polar surface area (TPSA) is 40.5 Å². The Kier molecular flexibility index (Phi) is 2.28. The fourth-order valence-electron chi connectivity index (χ4n) is 1.91. The first-order valence-electron chi connectivity index (χ1n) is 4.66. The van der Waals surface area contributed by atoms with E-state index >= 15 is 0 Å². The van der Waals surface area contributed by atoms with Crippen molar-refractivity contribution in [2.45, 2.75) is 25.0 Å². The molecule has 2 heteroatoms. The summed E-state index contributed by atoms with van der Waals surface area (Å²) in [6.07, 6.45) is 4.97. The van der Waals surface area contributed by atoms with Crippen molar-refractivity contribution in [2.75, 3.05) is 0 Å². The Morgan fingerprint density at radius 3 is 2.64 bits per heavy atom. The highest BCUT2D eigenvalue weighted by molar-refractivity contribution is 5.46. The third-order valence-electron chi connectivity index (χ3n) is 2.72. The van der Waals surface area contributed by atoms with Gasteiger partial charge in [0, 0.05) is 18.4 Å². The quantitative estimate of drug-likeness (QED) is 0.582. The van der Waals surface area contributed by atoms with E-state index in [1.54, 1.807) is 0 Å².